The lowest BCUT2D eigenvalue weighted by Gasteiger charge is -2.21. The fourth-order valence-corrected chi connectivity index (χ4v) is 1.86. The lowest BCUT2D eigenvalue weighted by Crippen LogP contribution is -2.43. The van der Waals surface area contributed by atoms with E-state index in [4.69, 9.17) is 5.11 Å². The number of carboxylic acids is 1. The Balaban J connectivity index is 2.49. The monoisotopic (exact) mass is 256 g/mol. The lowest BCUT2D eigenvalue weighted by molar-refractivity contribution is -0.142. The molecule has 6 heteroatoms. The molecule has 2 N–H and O–H groups in total. The molecule has 0 radical (unpaired) electrons. The number of rotatable bonds is 6. The zero-order valence-electron chi connectivity index (χ0n) is 11.0. The van der Waals surface area contributed by atoms with Crippen LogP contribution in [0.2, 0.25) is 0 Å². The SMILES string of the molecule is CCN(CC(=O)NC(C)C)C(=O)[C@@H]1C[C@@H]1C(=O)O. The molecule has 0 aliphatic heterocycles. The van der Waals surface area contributed by atoms with Gasteiger partial charge in [0.05, 0.1) is 18.4 Å². The van der Waals surface area contributed by atoms with Crippen LogP contribution in [0, 0.1) is 11.8 Å². The van der Waals surface area contributed by atoms with Gasteiger partial charge in [0.2, 0.25) is 11.8 Å². The summed E-state index contributed by atoms with van der Waals surface area (Å²) in [6.07, 6.45) is 0.385. The van der Waals surface area contributed by atoms with E-state index in [2.05, 4.69) is 5.32 Å². The van der Waals surface area contributed by atoms with E-state index in [0.717, 1.165) is 0 Å². The number of nitrogens with zero attached hydrogens (tertiary/aromatic N) is 1. The number of nitrogens with one attached hydrogen (secondary N) is 1. The highest BCUT2D eigenvalue weighted by Gasteiger charge is 2.49. The zero-order valence-corrected chi connectivity index (χ0v) is 11.0. The van der Waals surface area contributed by atoms with Gasteiger partial charge in [0.1, 0.15) is 0 Å². The summed E-state index contributed by atoms with van der Waals surface area (Å²) >= 11 is 0. The Morgan fingerprint density at radius 2 is 1.94 bits per heavy atom. The first-order valence-electron chi connectivity index (χ1n) is 6.17. The highest BCUT2D eigenvalue weighted by Crippen LogP contribution is 2.39. The van der Waals surface area contributed by atoms with Crippen molar-refractivity contribution in [1.82, 2.24) is 10.2 Å². The zero-order chi connectivity index (χ0) is 13.9. The Labute approximate surface area is 106 Å². The third-order valence-corrected chi connectivity index (χ3v) is 2.90. The number of hydrogen-bond acceptors (Lipinski definition) is 3. The molecule has 1 fully saturated rings. The first-order valence-corrected chi connectivity index (χ1v) is 6.17. The topological polar surface area (TPSA) is 86.7 Å². The number of amides is 2. The fourth-order valence-electron chi connectivity index (χ4n) is 1.86. The molecular weight excluding hydrogens is 236 g/mol. The summed E-state index contributed by atoms with van der Waals surface area (Å²) < 4.78 is 0. The van der Waals surface area contributed by atoms with Gasteiger partial charge < -0.3 is 15.3 Å². The molecule has 1 aliphatic rings. The molecule has 6 nitrogen and oxygen atoms in total. The molecule has 18 heavy (non-hydrogen) atoms. The second-order valence-corrected chi connectivity index (χ2v) is 4.86. The van der Waals surface area contributed by atoms with Gasteiger partial charge in [0.15, 0.2) is 0 Å². The Bertz CT molecular complexity index is 354. The van der Waals surface area contributed by atoms with E-state index in [9.17, 15) is 14.4 Å². The Morgan fingerprint density at radius 3 is 2.33 bits per heavy atom. The van der Waals surface area contributed by atoms with Crippen LogP contribution >= 0.6 is 0 Å². The average molecular weight is 256 g/mol. The van der Waals surface area contributed by atoms with Crippen molar-refractivity contribution >= 4 is 17.8 Å². The molecule has 0 aromatic heterocycles. The molecule has 0 heterocycles. The normalized spacial score (nSPS) is 21.6. The standard InChI is InChI=1S/C12H20N2O4/c1-4-14(6-10(15)13-7(2)3)11(16)8-5-9(8)12(17)18/h7-9H,4-6H2,1-3H3,(H,13,15)(H,17,18)/t8-,9+/m1/s1. The third kappa shape index (κ3) is 3.72. The van der Waals surface area contributed by atoms with Gasteiger partial charge in [-0.15, -0.1) is 0 Å². The smallest absolute Gasteiger partial charge is 0.307 e. The molecule has 0 spiro atoms. The van der Waals surface area contributed by atoms with Crippen LogP contribution in [0.25, 0.3) is 0 Å². The minimum atomic E-state index is -0.934. The van der Waals surface area contributed by atoms with Gasteiger partial charge in [-0.05, 0) is 27.2 Å². The van der Waals surface area contributed by atoms with Crippen LogP contribution in [-0.4, -0.2) is 46.9 Å². The van der Waals surface area contributed by atoms with Gasteiger partial charge in [0, 0.05) is 12.6 Å². The molecule has 1 rings (SSSR count). The summed E-state index contributed by atoms with van der Waals surface area (Å²) in [4.78, 5) is 35.6. The predicted molar refractivity (Wildman–Crippen MR) is 64.8 cm³/mol. The van der Waals surface area contributed by atoms with Crippen molar-refractivity contribution in [2.75, 3.05) is 13.1 Å². The second kappa shape index (κ2) is 5.84. The molecule has 0 aromatic rings. The fraction of sp³-hybridized carbons (Fsp3) is 0.750. The van der Waals surface area contributed by atoms with Crippen molar-refractivity contribution in [3.63, 3.8) is 0 Å². The maximum atomic E-state index is 12.0. The number of aliphatic carboxylic acids is 1. The highest BCUT2D eigenvalue weighted by molar-refractivity contribution is 5.92. The van der Waals surface area contributed by atoms with Crippen molar-refractivity contribution in [3.05, 3.63) is 0 Å². The molecule has 1 saturated carbocycles. The number of carboxylic acid groups (broad SMARTS) is 1. The van der Waals surface area contributed by atoms with Gasteiger partial charge in [-0.25, -0.2) is 0 Å². The summed E-state index contributed by atoms with van der Waals surface area (Å²) in [6, 6.07) is 0.0269. The number of likely N-dealkylation sites (N-methyl/N-ethyl adjacent to an activating group) is 1. The summed E-state index contributed by atoms with van der Waals surface area (Å²) in [5.41, 5.74) is 0. The number of carbonyl (C=O) groups excluding carboxylic acids is 2. The van der Waals surface area contributed by atoms with E-state index in [1.54, 1.807) is 6.92 Å². The molecule has 102 valence electrons. The van der Waals surface area contributed by atoms with Crippen molar-refractivity contribution in [2.45, 2.75) is 33.2 Å². The van der Waals surface area contributed by atoms with E-state index in [1.807, 2.05) is 13.8 Å². The quantitative estimate of drug-likeness (QED) is 0.704. The van der Waals surface area contributed by atoms with Gasteiger partial charge in [-0.1, -0.05) is 0 Å². The molecule has 0 saturated heterocycles. The summed E-state index contributed by atoms with van der Waals surface area (Å²) in [6.45, 7) is 5.87. The highest BCUT2D eigenvalue weighted by atomic mass is 16.4. The molecule has 2 atom stereocenters. The minimum Gasteiger partial charge on any atom is -0.481 e. The first-order chi connectivity index (χ1) is 8.36. The molecule has 1 aliphatic carbocycles. The maximum absolute atomic E-state index is 12.0. The molecular formula is C12H20N2O4. The molecule has 0 bridgehead atoms. The van der Waals surface area contributed by atoms with Crippen LogP contribution in [0.1, 0.15) is 27.2 Å². The van der Waals surface area contributed by atoms with Crippen LogP contribution in [0.3, 0.4) is 0 Å². The number of carbonyl (C=O) groups is 3. The third-order valence-electron chi connectivity index (χ3n) is 2.90. The van der Waals surface area contributed by atoms with Crippen LogP contribution in [0.5, 0.6) is 0 Å². The first kappa shape index (κ1) is 14.5. The molecule has 2 amide bonds. The van der Waals surface area contributed by atoms with Crippen LogP contribution in [0.4, 0.5) is 0 Å². The predicted octanol–water partition coefficient (Wildman–Crippen LogP) is 0.0802. The van der Waals surface area contributed by atoms with E-state index >= 15 is 0 Å². The van der Waals surface area contributed by atoms with Gasteiger partial charge in [-0.3, -0.25) is 14.4 Å². The second-order valence-electron chi connectivity index (χ2n) is 4.86. The Hall–Kier alpha value is -1.59. The van der Waals surface area contributed by atoms with E-state index < -0.39 is 17.8 Å². The average Bonchev–Trinajstić information content (AvgIpc) is 3.03. The van der Waals surface area contributed by atoms with Crippen molar-refractivity contribution in [3.8, 4) is 0 Å². The molecule has 0 aromatic carbocycles. The van der Waals surface area contributed by atoms with Crippen LogP contribution in [-0.2, 0) is 14.4 Å². The van der Waals surface area contributed by atoms with Gasteiger partial charge >= 0.3 is 5.97 Å². The van der Waals surface area contributed by atoms with Crippen LogP contribution in [0.15, 0.2) is 0 Å². The van der Waals surface area contributed by atoms with Crippen molar-refractivity contribution in [2.24, 2.45) is 11.8 Å². The van der Waals surface area contributed by atoms with Gasteiger partial charge in [0.25, 0.3) is 0 Å². The van der Waals surface area contributed by atoms with Crippen LogP contribution < -0.4 is 5.32 Å². The summed E-state index contributed by atoms with van der Waals surface area (Å²) in [5.74, 6) is -2.40. The van der Waals surface area contributed by atoms with E-state index in [1.165, 1.54) is 4.90 Å². The summed E-state index contributed by atoms with van der Waals surface area (Å²) in [7, 11) is 0. The van der Waals surface area contributed by atoms with E-state index in [0.29, 0.717) is 13.0 Å². The Morgan fingerprint density at radius 1 is 1.33 bits per heavy atom. The minimum absolute atomic E-state index is 0.00362. The largest absolute Gasteiger partial charge is 0.481 e. The van der Waals surface area contributed by atoms with Crippen molar-refractivity contribution in [1.29, 1.82) is 0 Å². The van der Waals surface area contributed by atoms with E-state index in [-0.39, 0.29) is 24.4 Å². The number of hydrogen-bond donors (Lipinski definition) is 2. The lowest BCUT2D eigenvalue weighted by atomic mass is 10.2. The summed E-state index contributed by atoms with van der Waals surface area (Å²) in [5, 5.41) is 11.5. The molecule has 0 unspecified atom stereocenters. The van der Waals surface area contributed by atoms with Crippen molar-refractivity contribution < 1.29 is 19.5 Å². The van der Waals surface area contributed by atoms with Gasteiger partial charge in [-0.2, -0.15) is 0 Å². The Kier molecular flexibility index (Phi) is 4.69. The maximum Gasteiger partial charge on any atom is 0.307 e.